The SMILES string of the molecule is CN(C)CCOc1ccc(Nc2cc(NC3CC3)c3ncc(C#N)n3n2)cc1-n1cnnc1. The molecule has 1 fully saturated rings. The highest BCUT2D eigenvalue weighted by Crippen LogP contribution is 2.31. The standard InChI is InChI=1S/C22H24N10O/c1-30(2)7-8-33-20-6-5-16(9-19(20)31-13-25-26-14-31)28-21-10-18(27-15-3-4-15)22-24-12-17(11-23)32(22)29-21/h5-6,9-10,12-15,27H,3-4,7-8H2,1-2H3,(H,28,29). The molecule has 1 saturated carbocycles. The Labute approximate surface area is 190 Å². The van der Waals surface area contributed by atoms with Gasteiger partial charge in [-0.15, -0.1) is 15.3 Å². The molecule has 0 radical (unpaired) electrons. The van der Waals surface area contributed by atoms with Crippen molar-refractivity contribution in [2.24, 2.45) is 0 Å². The van der Waals surface area contributed by atoms with Crippen LogP contribution >= 0.6 is 0 Å². The number of rotatable bonds is 9. The number of anilines is 3. The summed E-state index contributed by atoms with van der Waals surface area (Å²) in [4.78, 5) is 6.43. The number of hydrogen-bond acceptors (Lipinski definition) is 9. The van der Waals surface area contributed by atoms with Gasteiger partial charge in [0.15, 0.2) is 17.2 Å². The second-order valence-electron chi connectivity index (χ2n) is 8.18. The van der Waals surface area contributed by atoms with E-state index in [1.54, 1.807) is 21.7 Å². The van der Waals surface area contributed by atoms with Crippen LogP contribution in [0.1, 0.15) is 18.5 Å². The summed E-state index contributed by atoms with van der Waals surface area (Å²) in [5, 5.41) is 28.7. The Morgan fingerprint density at radius 1 is 1.21 bits per heavy atom. The van der Waals surface area contributed by atoms with Gasteiger partial charge < -0.3 is 20.3 Å². The van der Waals surface area contributed by atoms with Crippen LogP contribution in [0.5, 0.6) is 5.75 Å². The molecule has 4 aromatic rings. The molecule has 2 N–H and O–H groups in total. The molecule has 11 nitrogen and oxygen atoms in total. The Kier molecular flexibility index (Phi) is 5.50. The minimum atomic E-state index is 0.377. The van der Waals surface area contributed by atoms with Crippen LogP contribution in [0, 0.1) is 11.3 Å². The molecule has 3 heterocycles. The molecular weight excluding hydrogens is 420 g/mol. The van der Waals surface area contributed by atoms with Gasteiger partial charge in [0, 0.05) is 24.3 Å². The molecule has 1 aliphatic rings. The monoisotopic (exact) mass is 444 g/mol. The number of nitriles is 1. The zero-order chi connectivity index (χ0) is 22.8. The first-order chi connectivity index (χ1) is 16.1. The first kappa shape index (κ1) is 20.7. The molecule has 0 bridgehead atoms. The van der Waals surface area contributed by atoms with Gasteiger partial charge in [-0.25, -0.2) is 4.98 Å². The van der Waals surface area contributed by atoms with Gasteiger partial charge in [0.05, 0.1) is 17.6 Å². The fourth-order valence-corrected chi connectivity index (χ4v) is 3.39. The third-order valence-electron chi connectivity index (χ3n) is 5.24. The molecule has 11 heteroatoms. The highest BCUT2D eigenvalue weighted by atomic mass is 16.5. The molecule has 0 spiro atoms. The third-order valence-corrected chi connectivity index (χ3v) is 5.24. The molecule has 3 aromatic heterocycles. The Morgan fingerprint density at radius 3 is 2.76 bits per heavy atom. The molecule has 5 rings (SSSR count). The molecule has 33 heavy (non-hydrogen) atoms. The van der Waals surface area contributed by atoms with Crippen molar-refractivity contribution in [3.8, 4) is 17.5 Å². The summed E-state index contributed by atoms with van der Waals surface area (Å²) in [6.07, 6.45) is 7.05. The summed E-state index contributed by atoms with van der Waals surface area (Å²) in [6.45, 7) is 1.36. The summed E-state index contributed by atoms with van der Waals surface area (Å²) in [7, 11) is 4.01. The van der Waals surface area contributed by atoms with E-state index in [2.05, 4.69) is 41.9 Å². The molecule has 0 unspecified atom stereocenters. The maximum atomic E-state index is 9.44. The molecule has 0 amide bonds. The Balaban J connectivity index is 1.47. The van der Waals surface area contributed by atoms with E-state index < -0.39 is 0 Å². The van der Waals surface area contributed by atoms with Crippen molar-refractivity contribution in [3.63, 3.8) is 0 Å². The van der Waals surface area contributed by atoms with Crippen LogP contribution in [-0.2, 0) is 0 Å². The van der Waals surface area contributed by atoms with E-state index in [-0.39, 0.29) is 0 Å². The van der Waals surface area contributed by atoms with E-state index in [1.165, 1.54) is 6.20 Å². The lowest BCUT2D eigenvalue weighted by Gasteiger charge is -2.16. The van der Waals surface area contributed by atoms with Crippen LogP contribution in [0.3, 0.4) is 0 Å². The Hall–Kier alpha value is -4.17. The van der Waals surface area contributed by atoms with E-state index >= 15 is 0 Å². The molecule has 0 saturated heterocycles. The zero-order valence-corrected chi connectivity index (χ0v) is 18.4. The van der Waals surface area contributed by atoms with Crippen LogP contribution < -0.4 is 15.4 Å². The summed E-state index contributed by atoms with van der Waals surface area (Å²) in [6, 6.07) is 10.3. The second-order valence-corrected chi connectivity index (χ2v) is 8.18. The van der Waals surface area contributed by atoms with Crippen LogP contribution in [0.25, 0.3) is 11.3 Å². The summed E-state index contributed by atoms with van der Waals surface area (Å²) in [5.74, 6) is 1.32. The van der Waals surface area contributed by atoms with Gasteiger partial charge in [-0.3, -0.25) is 4.57 Å². The van der Waals surface area contributed by atoms with Crippen LogP contribution in [0.4, 0.5) is 17.2 Å². The predicted octanol–water partition coefficient (Wildman–Crippen LogP) is 2.44. The number of ether oxygens (including phenoxy) is 1. The number of aromatic nitrogens is 6. The summed E-state index contributed by atoms with van der Waals surface area (Å²) in [5.41, 5.74) is 3.48. The van der Waals surface area contributed by atoms with Crippen LogP contribution in [0.15, 0.2) is 43.1 Å². The van der Waals surface area contributed by atoms with Crippen molar-refractivity contribution in [1.29, 1.82) is 5.26 Å². The average Bonchev–Trinajstić information content (AvgIpc) is 3.28. The van der Waals surface area contributed by atoms with Gasteiger partial charge in [0.2, 0.25) is 0 Å². The highest BCUT2D eigenvalue weighted by Gasteiger charge is 2.23. The molecule has 1 aromatic carbocycles. The normalized spacial score (nSPS) is 13.3. The van der Waals surface area contributed by atoms with Crippen molar-refractivity contribution in [1.82, 2.24) is 34.3 Å². The van der Waals surface area contributed by atoms with Gasteiger partial charge in [0.25, 0.3) is 0 Å². The van der Waals surface area contributed by atoms with Crippen LogP contribution in [-0.4, -0.2) is 67.6 Å². The van der Waals surface area contributed by atoms with Crippen molar-refractivity contribution in [2.75, 3.05) is 37.9 Å². The van der Waals surface area contributed by atoms with Gasteiger partial charge in [0.1, 0.15) is 31.1 Å². The second kappa shape index (κ2) is 8.76. The van der Waals surface area contributed by atoms with Gasteiger partial charge >= 0.3 is 0 Å². The number of nitrogens with zero attached hydrogens (tertiary/aromatic N) is 8. The lowest BCUT2D eigenvalue weighted by atomic mass is 10.2. The van der Waals surface area contributed by atoms with Gasteiger partial charge in [-0.1, -0.05) is 0 Å². The topological polar surface area (TPSA) is 121 Å². The number of likely N-dealkylation sites (N-methyl/N-ethyl adjacent to an activating group) is 1. The first-order valence-corrected chi connectivity index (χ1v) is 10.7. The highest BCUT2D eigenvalue weighted by molar-refractivity contribution is 5.74. The largest absolute Gasteiger partial charge is 0.490 e. The Morgan fingerprint density at radius 2 is 2.03 bits per heavy atom. The first-order valence-electron chi connectivity index (χ1n) is 10.7. The van der Waals surface area contributed by atoms with Gasteiger partial charge in [-0.05, 0) is 45.1 Å². The average molecular weight is 445 g/mol. The van der Waals surface area contributed by atoms with E-state index in [0.29, 0.717) is 29.8 Å². The van der Waals surface area contributed by atoms with Crippen molar-refractivity contribution in [3.05, 3.63) is 48.8 Å². The lowest BCUT2D eigenvalue weighted by Crippen LogP contribution is -2.19. The maximum absolute atomic E-state index is 9.44. The molecule has 1 aliphatic carbocycles. The molecular formula is C22H24N10O. The summed E-state index contributed by atoms with van der Waals surface area (Å²) < 4.78 is 9.37. The summed E-state index contributed by atoms with van der Waals surface area (Å²) >= 11 is 0. The van der Waals surface area contributed by atoms with Gasteiger partial charge in [-0.2, -0.15) is 9.78 Å². The fraction of sp³-hybridized carbons (Fsp3) is 0.318. The molecule has 0 atom stereocenters. The minimum absolute atomic E-state index is 0.377. The number of hydrogen-bond donors (Lipinski definition) is 2. The number of imidazole rings is 1. The number of benzene rings is 1. The fourth-order valence-electron chi connectivity index (χ4n) is 3.39. The Bertz CT molecular complexity index is 1300. The lowest BCUT2D eigenvalue weighted by molar-refractivity contribution is 0.261. The predicted molar refractivity (Wildman–Crippen MR) is 123 cm³/mol. The van der Waals surface area contributed by atoms with E-state index in [0.717, 1.165) is 42.2 Å². The van der Waals surface area contributed by atoms with E-state index in [1.807, 2.05) is 38.4 Å². The smallest absolute Gasteiger partial charge is 0.178 e. The number of nitrogens with one attached hydrogen (secondary N) is 2. The maximum Gasteiger partial charge on any atom is 0.178 e. The minimum Gasteiger partial charge on any atom is -0.490 e. The zero-order valence-electron chi connectivity index (χ0n) is 18.4. The van der Waals surface area contributed by atoms with Crippen molar-refractivity contribution >= 4 is 22.8 Å². The van der Waals surface area contributed by atoms with E-state index in [4.69, 9.17) is 4.74 Å². The molecule has 168 valence electrons. The van der Waals surface area contributed by atoms with Crippen molar-refractivity contribution < 1.29 is 4.74 Å². The quantitative estimate of drug-likeness (QED) is 0.401. The van der Waals surface area contributed by atoms with Crippen molar-refractivity contribution in [2.45, 2.75) is 18.9 Å². The van der Waals surface area contributed by atoms with Crippen LogP contribution in [0.2, 0.25) is 0 Å². The third kappa shape index (κ3) is 4.56. The molecule has 0 aliphatic heterocycles. The number of fused-ring (bicyclic) bond motifs is 1. The van der Waals surface area contributed by atoms with E-state index in [9.17, 15) is 5.26 Å².